The fraction of sp³-hybridized carbons (Fsp3) is 0.357. The number of hydrogen-bond donors (Lipinski definition) is 0. The number of ketones is 1. The molecule has 1 aliphatic rings. The number of hydrogen-bond acceptors (Lipinski definition) is 3. The molecule has 1 aliphatic carbocycles. The number of benzene rings is 1. The Balaban J connectivity index is 2.33. The number of carbonyl (C=O) groups is 1. The quantitative estimate of drug-likeness (QED) is 0.593. The fourth-order valence-corrected chi connectivity index (χ4v) is 1.96. The van der Waals surface area contributed by atoms with E-state index in [1.807, 2.05) is 19.1 Å². The van der Waals surface area contributed by atoms with Crippen LogP contribution in [0.5, 0.6) is 5.75 Å². The van der Waals surface area contributed by atoms with E-state index in [2.05, 4.69) is 0 Å². The second-order valence-corrected chi connectivity index (χ2v) is 3.95. The van der Waals surface area contributed by atoms with Gasteiger partial charge in [-0.15, -0.1) is 0 Å². The molecule has 3 heteroatoms. The van der Waals surface area contributed by atoms with Gasteiger partial charge in [-0.1, -0.05) is 6.07 Å². The van der Waals surface area contributed by atoms with Crippen LogP contribution in [-0.2, 0) is 11.2 Å². The molecule has 0 fully saturated rings. The molecule has 2 rings (SSSR count). The second-order valence-electron chi connectivity index (χ2n) is 3.95. The minimum atomic E-state index is 0.0543. The number of ether oxygens (including phenoxy) is 2. The Hall–Kier alpha value is -1.77. The summed E-state index contributed by atoms with van der Waals surface area (Å²) in [6.45, 7) is 2.49. The third kappa shape index (κ3) is 2.33. The minimum absolute atomic E-state index is 0.0543. The number of methoxy groups -OCH3 is 1. The normalized spacial score (nSPS) is 16.8. The molecule has 0 saturated heterocycles. The van der Waals surface area contributed by atoms with Crippen LogP contribution in [0, 0.1) is 0 Å². The lowest BCUT2D eigenvalue weighted by Crippen LogP contribution is -2.14. The highest BCUT2D eigenvalue weighted by atomic mass is 16.5. The number of fused-ring (bicyclic) bond motifs is 1. The smallest absolute Gasteiger partial charge is 0.192 e. The Morgan fingerprint density at radius 3 is 2.88 bits per heavy atom. The van der Waals surface area contributed by atoms with Crippen LogP contribution in [0.3, 0.4) is 0 Å². The van der Waals surface area contributed by atoms with Crippen molar-refractivity contribution in [1.29, 1.82) is 0 Å². The van der Waals surface area contributed by atoms with Crippen LogP contribution in [0.4, 0.5) is 0 Å². The molecule has 0 bridgehead atoms. The SMILES string of the molecule is CCO/C=C1/CCc2ccc(OC)cc2C1=O. The van der Waals surface area contributed by atoms with Gasteiger partial charge in [0.15, 0.2) is 5.78 Å². The van der Waals surface area contributed by atoms with Crippen molar-refractivity contribution in [2.75, 3.05) is 13.7 Å². The van der Waals surface area contributed by atoms with Crippen molar-refractivity contribution in [3.63, 3.8) is 0 Å². The first-order chi connectivity index (χ1) is 8.26. The van der Waals surface area contributed by atoms with Crippen LogP contribution in [0.1, 0.15) is 29.3 Å². The molecule has 0 aliphatic heterocycles. The van der Waals surface area contributed by atoms with E-state index < -0.39 is 0 Å². The predicted molar refractivity (Wildman–Crippen MR) is 65.4 cm³/mol. The standard InChI is InChI=1S/C14H16O3/c1-3-17-9-11-5-4-10-6-7-12(16-2)8-13(10)14(11)15/h6-9H,3-5H2,1-2H3/b11-9-. The molecule has 0 saturated carbocycles. The third-order valence-corrected chi connectivity index (χ3v) is 2.91. The highest BCUT2D eigenvalue weighted by Gasteiger charge is 2.22. The van der Waals surface area contributed by atoms with Crippen LogP contribution in [0.15, 0.2) is 30.0 Å². The summed E-state index contributed by atoms with van der Waals surface area (Å²) in [5, 5.41) is 0. The van der Waals surface area contributed by atoms with Gasteiger partial charge in [-0.2, -0.15) is 0 Å². The van der Waals surface area contributed by atoms with Crippen LogP contribution in [-0.4, -0.2) is 19.5 Å². The highest BCUT2D eigenvalue weighted by Crippen LogP contribution is 2.28. The second kappa shape index (κ2) is 5.04. The number of carbonyl (C=O) groups excluding carboxylic acids is 1. The summed E-state index contributed by atoms with van der Waals surface area (Å²) in [6, 6.07) is 5.66. The maximum atomic E-state index is 12.2. The molecule has 0 aromatic heterocycles. The van der Waals surface area contributed by atoms with Crippen LogP contribution in [0.25, 0.3) is 0 Å². The monoisotopic (exact) mass is 232 g/mol. The fourth-order valence-electron chi connectivity index (χ4n) is 1.96. The van der Waals surface area contributed by atoms with Gasteiger partial charge in [-0.05, 0) is 37.5 Å². The van der Waals surface area contributed by atoms with Gasteiger partial charge >= 0.3 is 0 Å². The van der Waals surface area contributed by atoms with Crippen molar-refractivity contribution in [2.24, 2.45) is 0 Å². The predicted octanol–water partition coefficient (Wildman–Crippen LogP) is 2.74. The van der Waals surface area contributed by atoms with Crippen molar-refractivity contribution in [3.05, 3.63) is 41.2 Å². The molecule has 1 aromatic rings. The molecule has 3 nitrogen and oxygen atoms in total. The average Bonchev–Trinajstić information content (AvgIpc) is 2.38. The van der Waals surface area contributed by atoms with Crippen LogP contribution in [0.2, 0.25) is 0 Å². The Morgan fingerprint density at radius 2 is 2.18 bits per heavy atom. The topological polar surface area (TPSA) is 35.5 Å². The van der Waals surface area contributed by atoms with E-state index in [9.17, 15) is 4.79 Å². The maximum absolute atomic E-state index is 12.2. The van der Waals surface area contributed by atoms with Gasteiger partial charge in [-0.3, -0.25) is 4.79 Å². The number of allylic oxidation sites excluding steroid dienone is 1. The van der Waals surface area contributed by atoms with Gasteiger partial charge in [0, 0.05) is 11.1 Å². The maximum Gasteiger partial charge on any atom is 0.192 e. The molecule has 0 atom stereocenters. The van der Waals surface area contributed by atoms with Crippen molar-refractivity contribution < 1.29 is 14.3 Å². The summed E-state index contributed by atoms with van der Waals surface area (Å²) in [5.41, 5.74) is 2.57. The Labute approximate surface area is 101 Å². The third-order valence-electron chi connectivity index (χ3n) is 2.91. The van der Waals surface area contributed by atoms with Crippen LogP contribution >= 0.6 is 0 Å². The van der Waals surface area contributed by atoms with Gasteiger partial charge in [0.05, 0.1) is 20.0 Å². The average molecular weight is 232 g/mol. The molecular weight excluding hydrogens is 216 g/mol. The Bertz CT molecular complexity index is 461. The lowest BCUT2D eigenvalue weighted by atomic mass is 9.87. The summed E-state index contributed by atoms with van der Waals surface area (Å²) in [4.78, 5) is 12.2. The van der Waals surface area contributed by atoms with Crippen molar-refractivity contribution >= 4 is 5.78 Å². The van der Waals surface area contributed by atoms with E-state index >= 15 is 0 Å². The molecule has 0 spiro atoms. The summed E-state index contributed by atoms with van der Waals surface area (Å²) in [7, 11) is 1.60. The Morgan fingerprint density at radius 1 is 1.35 bits per heavy atom. The van der Waals surface area contributed by atoms with Gasteiger partial charge in [0.2, 0.25) is 0 Å². The largest absolute Gasteiger partial charge is 0.501 e. The highest BCUT2D eigenvalue weighted by molar-refractivity contribution is 6.10. The van der Waals surface area contributed by atoms with E-state index in [4.69, 9.17) is 9.47 Å². The van der Waals surface area contributed by atoms with Crippen molar-refractivity contribution in [2.45, 2.75) is 19.8 Å². The molecular formula is C14H16O3. The first kappa shape index (κ1) is 11.7. The molecule has 90 valence electrons. The Kier molecular flexibility index (Phi) is 3.47. The zero-order valence-corrected chi connectivity index (χ0v) is 10.2. The minimum Gasteiger partial charge on any atom is -0.501 e. The summed E-state index contributed by atoms with van der Waals surface area (Å²) in [5.74, 6) is 0.772. The zero-order valence-electron chi connectivity index (χ0n) is 10.2. The van der Waals surface area contributed by atoms with Crippen LogP contribution < -0.4 is 4.74 Å². The lowest BCUT2D eigenvalue weighted by molar-refractivity contribution is 0.101. The van der Waals surface area contributed by atoms with Crippen molar-refractivity contribution in [1.82, 2.24) is 0 Å². The van der Waals surface area contributed by atoms with Gasteiger partial charge < -0.3 is 9.47 Å². The van der Waals surface area contributed by atoms with Gasteiger partial charge in [0.25, 0.3) is 0 Å². The first-order valence-electron chi connectivity index (χ1n) is 5.78. The van der Waals surface area contributed by atoms with E-state index in [1.165, 1.54) is 0 Å². The molecule has 0 unspecified atom stereocenters. The van der Waals surface area contributed by atoms with Gasteiger partial charge in [0.1, 0.15) is 5.75 Å². The van der Waals surface area contributed by atoms with E-state index in [0.29, 0.717) is 6.61 Å². The number of rotatable bonds is 3. The van der Waals surface area contributed by atoms with Crippen molar-refractivity contribution in [3.8, 4) is 5.75 Å². The molecule has 0 amide bonds. The van der Waals surface area contributed by atoms with Gasteiger partial charge in [-0.25, -0.2) is 0 Å². The molecule has 17 heavy (non-hydrogen) atoms. The molecule has 0 N–H and O–H groups in total. The summed E-state index contributed by atoms with van der Waals surface area (Å²) in [6.07, 6.45) is 3.22. The van der Waals surface area contributed by atoms with E-state index in [-0.39, 0.29) is 5.78 Å². The molecule has 0 radical (unpaired) electrons. The summed E-state index contributed by atoms with van der Waals surface area (Å²) < 4.78 is 10.3. The summed E-state index contributed by atoms with van der Waals surface area (Å²) >= 11 is 0. The number of Topliss-reactive ketones (excluding diaryl/α,β-unsaturated/α-hetero) is 1. The molecule has 1 aromatic carbocycles. The number of aryl methyl sites for hydroxylation is 1. The molecule has 0 heterocycles. The zero-order chi connectivity index (χ0) is 12.3. The first-order valence-corrected chi connectivity index (χ1v) is 5.78. The van der Waals surface area contributed by atoms with E-state index in [1.54, 1.807) is 19.4 Å². The van der Waals surface area contributed by atoms with E-state index in [0.717, 1.165) is 35.3 Å². The lowest BCUT2D eigenvalue weighted by Gasteiger charge is -2.17.